The molecule has 0 radical (unpaired) electrons. The lowest BCUT2D eigenvalue weighted by Crippen LogP contribution is -1.91. The van der Waals surface area contributed by atoms with Crippen LogP contribution >= 0.6 is 0 Å². The Morgan fingerprint density at radius 2 is 0.837 bits per heavy atom. The van der Waals surface area contributed by atoms with Gasteiger partial charge in [-0.15, -0.1) is 0 Å². The largest absolute Gasteiger partial charge is 0.456 e. The van der Waals surface area contributed by atoms with Crippen molar-refractivity contribution in [2.75, 3.05) is 0 Å². The van der Waals surface area contributed by atoms with Crippen LogP contribution in [-0.4, -0.2) is 0 Å². The molecule has 0 aliphatic heterocycles. The number of rotatable bonds is 4. The third kappa shape index (κ3) is 4.55. The molecular weight excluding hydrogens is 593 g/mol. The molecule has 0 saturated carbocycles. The molecule has 1 aromatic heterocycles. The molecule has 0 unspecified atom stereocenters. The number of furan rings is 1. The fourth-order valence-electron chi connectivity index (χ4n) is 6.18. The first-order valence-corrected chi connectivity index (χ1v) is 15.1. The van der Waals surface area contributed by atoms with Gasteiger partial charge in [-0.2, -0.15) is 0 Å². The van der Waals surface area contributed by atoms with Crippen molar-refractivity contribution in [3.05, 3.63) is 181 Å². The summed E-state index contributed by atoms with van der Waals surface area (Å²) in [6, 6.07) is -0.215. The number of benzene rings is 9. The Labute approximate surface area is 313 Å². The molecule has 0 fully saturated rings. The normalized spacial score (nSPS) is 17.7. The highest BCUT2D eigenvalue weighted by Crippen LogP contribution is 2.45. The third-order valence-corrected chi connectivity index (χ3v) is 8.39. The van der Waals surface area contributed by atoms with E-state index in [1.54, 1.807) is 18.2 Å². The van der Waals surface area contributed by atoms with Gasteiger partial charge in [-0.3, -0.25) is 0 Å². The Kier molecular flexibility index (Phi) is 3.16. The van der Waals surface area contributed by atoms with E-state index in [0.29, 0.717) is 11.1 Å². The first kappa shape index (κ1) is 14.0. The van der Waals surface area contributed by atoms with Gasteiger partial charge in [-0.1, -0.05) is 145 Å². The summed E-state index contributed by atoms with van der Waals surface area (Å²) in [5.41, 5.74) is -1.73. The Hall–Kier alpha value is -6.44. The fourth-order valence-corrected chi connectivity index (χ4v) is 6.18. The molecule has 1 heterocycles. The van der Waals surface area contributed by atoms with E-state index in [4.69, 9.17) is 15.4 Å². The minimum absolute atomic E-state index is 0.0791. The smallest absolute Gasteiger partial charge is 0.136 e. The van der Waals surface area contributed by atoms with Gasteiger partial charge < -0.3 is 4.42 Å². The van der Waals surface area contributed by atoms with Gasteiger partial charge in [-0.05, 0) is 113 Å². The molecule has 0 amide bonds. The van der Waals surface area contributed by atoms with Crippen LogP contribution in [0.1, 0.15) is 28.8 Å². The second-order valence-electron chi connectivity index (χ2n) is 11.2. The summed E-state index contributed by atoms with van der Waals surface area (Å²) in [6.45, 7) is 0. The van der Waals surface area contributed by atoms with Crippen LogP contribution in [0.15, 0.2) is 186 Å². The zero-order valence-electron chi connectivity index (χ0n) is 46.1. The minimum Gasteiger partial charge on any atom is -0.456 e. The van der Waals surface area contributed by atoms with Crippen molar-refractivity contribution in [3.63, 3.8) is 0 Å². The van der Waals surface area contributed by atoms with Gasteiger partial charge in [0.15, 0.2) is 0 Å². The molecule has 0 saturated heterocycles. The fraction of sp³-hybridized carbons (Fsp3) is 0. The second kappa shape index (κ2) is 11.1. The summed E-state index contributed by atoms with van der Waals surface area (Å²) >= 11 is 0. The molecule has 9 aromatic carbocycles. The first-order chi connectivity index (χ1) is 33.1. The molecule has 0 N–H and O–H groups in total. The van der Waals surface area contributed by atoms with E-state index in [9.17, 15) is 17.8 Å². The van der Waals surface area contributed by atoms with Crippen molar-refractivity contribution in [3.8, 4) is 44.5 Å². The van der Waals surface area contributed by atoms with Gasteiger partial charge in [0.2, 0.25) is 0 Å². The number of fused-ring (bicyclic) bond motifs is 6. The van der Waals surface area contributed by atoms with Crippen molar-refractivity contribution in [2.24, 2.45) is 0 Å². The van der Waals surface area contributed by atoms with Crippen LogP contribution in [0.4, 0.5) is 0 Å². The van der Waals surface area contributed by atoms with Gasteiger partial charge in [0.1, 0.15) is 11.2 Å². The summed E-state index contributed by atoms with van der Waals surface area (Å²) in [6.07, 6.45) is 0. The van der Waals surface area contributed by atoms with Gasteiger partial charge >= 0.3 is 0 Å². The molecule has 1 nitrogen and oxygen atoms in total. The molecule has 0 spiro atoms. The van der Waals surface area contributed by atoms with Crippen LogP contribution in [-0.2, 0) is 0 Å². The summed E-state index contributed by atoms with van der Waals surface area (Å²) in [4.78, 5) is 0. The molecule has 0 aliphatic carbocycles. The van der Waals surface area contributed by atoms with Crippen molar-refractivity contribution in [2.45, 2.75) is 0 Å². The predicted molar refractivity (Wildman–Crippen MR) is 208 cm³/mol. The van der Waals surface area contributed by atoms with E-state index in [1.165, 1.54) is 0 Å². The van der Waals surface area contributed by atoms with E-state index in [-0.39, 0.29) is 21.7 Å². The van der Waals surface area contributed by atoms with Crippen LogP contribution in [0.25, 0.3) is 98.8 Å². The second-order valence-corrected chi connectivity index (χ2v) is 11.2. The molecule has 0 bridgehead atoms. The highest BCUT2D eigenvalue weighted by Gasteiger charge is 2.18. The number of para-hydroxylation sites is 1. The first-order valence-electron chi connectivity index (χ1n) is 25.6. The van der Waals surface area contributed by atoms with Crippen LogP contribution < -0.4 is 0 Å². The van der Waals surface area contributed by atoms with Crippen molar-refractivity contribution >= 4 is 54.3 Å². The Bertz CT molecular complexity index is 3990. The van der Waals surface area contributed by atoms with Crippen LogP contribution in [0.5, 0.6) is 0 Å². The molecule has 228 valence electrons. The van der Waals surface area contributed by atoms with E-state index < -0.39 is 187 Å². The minimum atomic E-state index is -0.894. The highest BCUT2D eigenvalue weighted by molar-refractivity contribution is 6.22. The summed E-state index contributed by atoms with van der Waals surface area (Å²) in [7, 11) is 0. The molecule has 1 heteroatoms. The van der Waals surface area contributed by atoms with Gasteiger partial charge in [-0.25, -0.2) is 0 Å². The third-order valence-electron chi connectivity index (χ3n) is 8.39. The highest BCUT2D eigenvalue weighted by atomic mass is 16.3. The maximum Gasteiger partial charge on any atom is 0.136 e. The lowest BCUT2D eigenvalue weighted by atomic mass is 9.85. The average Bonchev–Trinajstić information content (AvgIpc) is 3.76. The Morgan fingerprint density at radius 1 is 0.347 bits per heavy atom. The number of hydrogen-bond donors (Lipinski definition) is 0. The average molecular weight is 644 g/mol. The van der Waals surface area contributed by atoms with E-state index >= 15 is 0 Å². The van der Waals surface area contributed by atoms with Gasteiger partial charge in [0, 0.05) is 10.8 Å². The van der Waals surface area contributed by atoms with Crippen molar-refractivity contribution < 1.29 is 33.2 Å². The maximum atomic E-state index is 9.75. The van der Waals surface area contributed by atoms with E-state index in [2.05, 4.69) is 0 Å². The maximum absolute atomic E-state index is 9.75. The summed E-state index contributed by atoms with van der Waals surface area (Å²) in [5.74, 6) is 0. The van der Waals surface area contributed by atoms with Gasteiger partial charge in [0.25, 0.3) is 0 Å². The quantitative estimate of drug-likeness (QED) is 0.174. The molecule has 10 rings (SSSR count). The van der Waals surface area contributed by atoms with Crippen LogP contribution in [0.2, 0.25) is 0 Å². The Balaban J connectivity index is 1.40. The zero-order chi connectivity index (χ0) is 50.6. The summed E-state index contributed by atoms with van der Waals surface area (Å²) in [5, 5.41) is -3.97. The van der Waals surface area contributed by atoms with Crippen LogP contribution in [0, 0.1) is 0 Å². The molecular formula is C48H30O. The van der Waals surface area contributed by atoms with Crippen LogP contribution in [0.3, 0.4) is 0 Å². The molecule has 0 atom stereocenters. The monoisotopic (exact) mass is 643 g/mol. The van der Waals surface area contributed by atoms with Crippen molar-refractivity contribution in [1.82, 2.24) is 0 Å². The number of hydrogen-bond acceptors (Lipinski definition) is 1. The lowest BCUT2D eigenvalue weighted by Gasteiger charge is -2.18. The SMILES string of the molecule is [2H]c1c([2H])c([2H])c2c(oc3c([2H])c(-c4c5c([2H])c([2H])c([2H])c([2H])c5c(-c5c([2H])c([2H])c6c([2H])c(-c7cccc(-c8ccccc8)c7)c([2H])c([2H])c6c5[2H])c5c([2H])c([2H])c([2H])c([2H])c45)c([2H])c([2H])c32)c1[2H]. The molecule has 49 heavy (non-hydrogen) atoms. The summed E-state index contributed by atoms with van der Waals surface area (Å²) < 4.78 is 197. The Morgan fingerprint density at radius 3 is 1.51 bits per heavy atom. The van der Waals surface area contributed by atoms with E-state index in [1.807, 2.05) is 36.4 Å². The zero-order valence-corrected chi connectivity index (χ0v) is 25.1. The molecule has 10 aromatic rings. The van der Waals surface area contributed by atoms with Gasteiger partial charge in [0.05, 0.1) is 28.8 Å². The standard InChI is InChI=1S/C48H30O/c1-2-11-31(12-3-1)32-13-10-14-33(27-32)34-21-22-36-29-37(24-23-35(36)28-34)47-41-16-4-6-18-43(41)48(44-19-7-5-17-42(44)47)38-25-26-40-39-15-8-9-20-45(39)49-46(40)30-38/h1-30H/i4D,5D,6D,7D,8D,9D,15D,16D,17D,18D,19D,20D,21D,22D,23D,24D,25D,26D,28D,29D,30D. The topological polar surface area (TPSA) is 13.1 Å². The molecule has 0 aliphatic rings. The predicted octanol–water partition coefficient (Wildman–Crippen LogP) is 13.7. The lowest BCUT2D eigenvalue weighted by molar-refractivity contribution is 0.669. The van der Waals surface area contributed by atoms with Crippen molar-refractivity contribution in [1.29, 1.82) is 0 Å². The van der Waals surface area contributed by atoms with E-state index in [0.717, 1.165) is 5.56 Å².